The molecule has 0 heterocycles. The molecule has 0 aromatic heterocycles. The van der Waals surface area contributed by atoms with Gasteiger partial charge in [0.05, 0.1) is 0 Å². The highest BCUT2D eigenvalue weighted by Gasteiger charge is 2.38. The first-order valence-corrected chi connectivity index (χ1v) is 7.20. The molecule has 0 spiro atoms. The van der Waals surface area contributed by atoms with Gasteiger partial charge < -0.3 is 10.2 Å². The first kappa shape index (κ1) is 16.5. The van der Waals surface area contributed by atoms with Crippen molar-refractivity contribution in [1.82, 2.24) is 4.90 Å². The maximum absolute atomic E-state index is 11.8. The highest BCUT2D eigenvalue weighted by molar-refractivity contribution is 5.78. The molecule has 1 unspecified atom stereocenters. The van der Waals surface area contributed by atoms with E-state index in [1.165, 1.54) is 0 Å². The second-order valence-corrected chi connectivity index (χ2v) is 5.41. The molecule has 20 heavy (non-hydrogen) atoms. The quantitative estimate of drug-likeness (QED) is 0.768. The average molecular weight is 279 g/mol. The second-order valence-electron chi connectivity index (χ2n) is 5.41. The highest BCUT2D eigenvalue weighted by Crippen LogP contribution is 2.23. The summed E-state index contributed by atoms with van der Waals surface area (Å²) >= 11 is 0. The lowest BCUT2D eigenvalue weighted by Gasteiger charge is -2.38. The van der Waals surface area contributed by atoms with Crippen molar-refractivity contribution >= 4 is 5.97 Å². The zero-order valence-corrected chi connectivity index (χ0v) is 12.6. The Bertz CT molecular complexity index is 424. The number of aliphatic carboxylic acids is 1. The van der Waals surface area contributed by atoms with Crippen LogP contribution in [0.3, 0.4) is 0 Å². The predicted molar refractivity (Wildman–Crippen MR) is 80.0 cm³/mol. The van der Waals surface area contributed by atoms with Crippen molar-refractivity contribution in [2.75, 3.05) is 13.1 Å². The lowest BCUT2D eigenvalue weighted by molar-refractivity contribution is -0.150. The Balaban J connectivity index is 3.00. The number of hydrogen-bond acceptors (Lipinski definition) is 3. The average Bonchev–Trinajstić information content (AvgIpc) is 2.41. The molecular formula is C16H25NO3. The smallest absolute Gasteiger partial charge is 0.324 e. The molecule has 0 aliphatic rings. The van der Waals surface area contributed by atoms with E-state index < -0.39 is 11.5 Å². The van der Waals surface area contributed by atoms with Crippen molar-refractivity contribution < 1.29 is 15.0 Å². The molecule has 0 aliphatic heterocycles. The SMILES string of the molecule is CCCN(CCC)C(C)(Cc1ccc(O)cc1)C(=O)O. The molecule has 0 amide bonds. The van der Waals surface area contributed by atoms with E-state index in [-0.39, 0.29) is 5.75 Å². The second kappa shape index (κ2) is 7.29. The van der Waals surface area contributed by atoms with Gasteiger partial charge in [-0.15, -0.1) is 0 Å². The van der Waals surface area contributed by atoms with Crippen molar-refractivity contribution in [1.29, 1.82) is 0 Å². The predicted octanol–water partition coefficient (Wildman–Crippen LogP) is 2.90. The number of aromatic hydroxyl groups is 1. The van der Waals surface area contributed by atoms with E-state index in [1.54, 1.807) is 31.2 Å². The van der Waals surface area contributed by atoms with Crippen LogP contribution in [0.1, 0.15) is 39.2 Å². The van der Waals surface area contributed by atoms with E-state index in [1.807, 2.05) is 4.90 Å². The molecule has 0 aliphatic carbocycles. The van der Waals surface area contributed by atoms with Crippen molar-refractivity contribution in [3.8, 4) is 5.75 Å². The van der Waals surface area contributed by atoms with Crippen LogP contribution in [-0.2, 0) is 11.2 Å². The summed E-state index contributed by atoms with van der Waals surface area (Å²) in [5, 5.41) is 19.0. The van der Waals surface area contributed by atoms with Gasteiger partial charge in [-0.2, -0.15) is 0 Å². The Morgan fingerprint density at radius 3 is 2.05 bits per heavy atom. The fraction of sp³-hybridized carbons (Fsp3) is 0.562. The molecule has 0 fully saturated rings. The van der Waals surface area contributed by atoms with Gasteiger partial charge in [-0.25, -0.2) is 0 Å². The Morgan fingerprint density at radius 2 is 1.65 bits per heavy atom. The fourth-order valence-corrected chi connectivity index (χ4v) is 2.48. The fourth-order valence-electron chi connectivity index (χ4n) is 2.48. The number of phenols is 1. The number of carboxylic acids is 1. The lowest BCUT2D eigenvalue weighted by Crippen LogP contribution is -2.54. The van der Waals surface area contributed by atoms with Crippen LogP contribution >= 0.6 is 0 Å². The van der Waals surface area contributed by atoms with Gasteiger partial charge >= 0.3 is 5.97 Å². The molecule has 4 heteroatoms. The van der Waals surface area contributed by atoms with Crippen LogP contribution in [-0.4, -0.2) is 39.7 Å². The first-order valence-electron chi connectivity index (χ1n) is 7.20. The van der Waals surface area contributed by atoms with E-state index in [9.17, 15) is 15.0 Å². The molecule has 112 valence electrons. The van der Waals surface area contributed by atoms with Crippen LogP contribution in [0.2, 0.25) is 0 Å². The third-order valence-electron chi connectivity index (χ3n) is 3.63. The summed E-state index contributed by atoms with van der Waals surface area (Å²) in [5.74, 6) is -0.600. The van der Waals surface area contributed by atoms with Crippen molar-refractivity contribution in [3.63, 3.8) is 0 Å². The summed E-state index contributed by atoms with van der Waals surface area (Å²) in [6, 6.07) is 6.77. The third kappa shape index (κ3) is 3.97. The number of phenolic OH excluding ortho intramolecular Hbond substituents is 1. The molecular weight excluding hydrogens is 254 g/mol. The molecule has 0 saturated heterocycles. The minimum atomic E-state index is -0.914. The zero-order valence-electron chi connectivity index (χ0n) is 12.6. The van der Waals surface area contributed by atoms with E-state index in [4.69, 9.17) is 0 Å². The summed E-state index contributed by atoms with van der Waals surface area (Å²) in [4.78, 5) is 13.8. The molecule has 0 radical (unpaired) electrons. The van der Waals surface area contributed by atoms with E-state index >= 15 is 0 Å². The number of carboxylic acid groups (broad SMARTS) is 1. The van der Waals surface area contributed by atoms with Crippen LogP contribution in [0, 0.1) is 0 Å². The molecule has 0 saturated carbocycles. The Labute approximate surface area is 121 Å². The van der Waals surface area contributed by atoms with Gasteiger partial charge in [-0.3, -0.25) is 9.69 Å². The molecule has 2 N–H and O–H groups in total. The van der Waals surface area contributed by atoms with Crippen LogP contribution in [0.25, 0.3) is 0 Å². The molecule has 1 aromatic rings. The number of carbonyl (C=O) groups is 1. The summed E-state index contributed by atoms with van der Waals surface area (Å²) in [5.41, 5.74) is 0.00751. The first-order chi connectivity index (χ1) is 9.43. The maximum Gasteiger partial charge on any atom is 0.324 e. The summed E-state index contributed by atoms with van der Waals surface area (Å²) < 4.78 is 0. The molecule has 1 atom stereocenters. The zero-order chi connectivity index (χ0) is 15.2. The van der Waals surface area contributed by atoms with Crippen molar-refractivity contribution in [2.24, 2.45) is 0 Å². The lowest BCUT2D eigenvalue weighted by atomic mass is 9.90. The van der Waals surface area contributed by atoms with E-state index in [0.717, 1.165) is 31.5 Å². The van der Waals surface area contributed by atoms with Crippen molar-refractivity contribution in [3.05, 3.63) is 29.8 Å². The van der Waals surface area contributed by atoms with Gasteiger partial charge in [0, 0.05) is 6.42 Å². The minimum Gasteiger partial charge on any atom is -0.508 e. The number of hydrogen-bond donors (Lipinski definition) is 2. The maximum atomic E-state index is 11.8. The number of benzene rings is 1. The normalized spacial score (nSPS) is 14.2. The highest BCUT2D eigenvalue weighted by atomic mass is 16.4. The standard InChI is InChI=1S/C16H25NO3/c1-4-10-17(11-5-2)16(3,15(19)20)12-13-6-8-14(18)9-7-13/h6-9,18H,4-5,10-12H2,1-3H3,(H,19,20). The van der Waals surface area contributed by atoms with E-state index in [2.05, 4.69) is 13.8 Å². The minimum absolute atomic E-state index is 0.199. The number of rotatable bonds is 8. The molecule has 4 nitrogen and oxygen atoms in total. The topological polar surface area (TPSA) is 60.8 Å². The monoisotopic (exact) mass is 279 g/mol. The molecule has 1 aromatic carbocycles. The van der Waals surface area contributed by atoms with Gasteiger partial charge in [0.1, 0.15) is 11.3 Å². The van der Waals surface area contributed by atoms with E-state index in [0.29, 0.717) is 6.42 Å². The molecule has 0 bridgehead atoms. The Hall–Kier alpha value is -1.55. The van der Waals surface area contributed by atoms with Crippen LogP contribution in [0.15, 0.2) is 24.3 Å². The Kier molecular flexibility index (Phi) is 6.02. The Morgan fingerprint density at radius 1 is 1.15 bits per heavy atom. The summed E-state index contributed by atoms with van der Waals surface area (Å²) in [6.45, 7) is 7.45. The summed E-state index contributed by atoms with van der Waals surface area (Å²) in [6.07, 6.45) is 2.29. The number of nitrogens with zero attached hydrogens (tertiary/aromatic N) is 1. The third-order valence-corrected chi connectivity index (χ3v) is 3.63. The largest absolute Gasteiger partial charge is 0.508 e. The van der Waals surface area contributed by atoms with Crippen LogP contribution < -0.4 is 0 Å². The van der Waals surface area contributed by atoms with Gasteiger partial charge in [0.15, 0.2) is 0 Å². The van der Waals surface area contributed by atoms with Gasteiger partial charge in [0.2, 0.25) is 0 Å². The van der Waals surface area contributed by atoms with Crippen LogP contribution in [0.4, 0.5) is 0 Å². The molecule has 1 rings (SSSR count). The van der Waals surface area contributed by atoms with Crippen LogP contribution in [0.5, 0.6) is 5.75 Å². The van der Waals surface area contributed by atoms with Gasteiger partial charge in [-0.1, -0.05) is 26.0 Å². The van der Waals surface area contributed by atoms with Gasteiger partial charge in [-0.05, 0) is 50.6 Å². The van der Waals surface area contributed by atoms with Gasteiger partial charge in [0.25, 0.3) is 0 Å². The summed E-state index contributed by atoms with van der Waals surface area (Å²) in [7, 11) is 0. The van der Waals surface area contributed by atoms with Crippen molar-refractivity contribution in [2.45, 2.75) is 45.6 Å².